The third-order valence-electron chi connectivity index (χ3n) is 19.6. The van der Waals surface area contributed by atoms with Crippen LogP contribution >= 0.6 is 15.6 Å². The molecule has 0 saturated carbocycles. The molecular formula is C81H158O17P2. The van der Waals surface area contributed by atoms with Crippen LogP contribution in [0.2, 0.25) is 0 Å². The van der Waals surface area contributed by atoms with Gasteiger partial charge in [-0.15, -0.1) is 0 Å². The second-order valence-corrected chi connectivity index (χ2v) is 33.0. The van der Waals surface area contributed by atoms with Crippen molar-refractivity contribution in [3.05, 3.63) is 0 Å². The lowest BCUT2D eigenvalue weighted by molar-refractivity contribution is -0.161. The summed E-state index contributed by atoms with van der Waals surface area (Å²) in [5.41, 5.74) is 0. The van der Waals surface area contributed by atoms with Crippen molar-refractivity contribution in [2.45, 2.75) is 439 Å². The molecule has 594 valence electrons. The lowest BCUT2D eigenvalue weighted by atomic mass is 9.99. The molecule has 3 N–H and O–H groups in total. The molecule has 0 saturated heterocycles. The summed E-state index contributed by atoms with van der Waals surface area (Å²) in [5, 5.41) is 10.6. The predicted octanol–water partition coefficient (Wildman–Crippen LogP) is 24.1. The number of rotatable bonds is 79. The number of phosphoric ester groups is 2. The van der Waals surface area contributed by atoms with E-state index in [4.69, 9.17) is 37.0 Å². The molecule has 17 nitrogen and oxygen atoms in total. The Bertz CT molecular complexity index is 1940. The van der Waals surface area contributed by atoms with Crippen LogP contribution in [0.4, 0.5) is 0 Å². The van der Waals surface area contributed by atoms with Gasteiger partial charge in [0, 0.05) is 25.7 Å². The van der Waals surface area contributed by atoms with Gasteiger partial charge in [-0.25, -0.2) is 9.13 Å². The van der Waals surface area contributed by atoms with E-state index in [0.717, 1.165) is 108 Å². The third-order valence-corrected chi connectivity index (χ3v) is 21.5. The highest BCUT2D eigenvalue weighted by molar-refractivity contribution is 7.47. The molecule has 4 unspecified atom stereocenters. The highest BCUT2D eigenvalue weighted by Crippen LogP contribution is 2.45. The normalized spacial score (nSPS) is 14.5. The minimum absolute atomic E-state index is 0.105. The van der Waals surface area contributed by atoms with Crippen LogP contribution in [0.5, 0.6) is 0 Å². The molecule has 0 amide bonds. The molecule has 100 heavy (non-hydrogen) atoms. The van der Waals surface area contributed by atoms with Crippen LogP contribution in [0.1, 0.15) is 421 Å². The number of carbonyl (C=O) groups is 4. The van der Waals surface area contributed by atoms with Crippen molar-refractivity contribution in [2.24, 2.45) is 17.8 Å². The van der Waals surface area contributed by atoms with Crippen molar-refractivity contribution in [3.8, 4) is 0 Å². The fraction of sp³-hybridized carbons (Fsp3) is 0.951. The number of hydrogen-bond donors (Lipinski definition) is 3. The molecule has 0 aliphatic rings. The molecule has 0 radical (unpaired) electrons. The zero-order valence-electron chi connectivity index (χ0n) is 65.7. The molecule has 0 rings (SSSR count). The van der Waals surface area contributed by atoms with Crippen LogP contribution in [0.15, 0.2) is 0 Å². The standard InChI is InChI=1S/C81H158O17P2/c1-8-11-12-13-14-15-33-41-48-55-62-78(83)91-69-77(98-81(86)65-58-51-44-37-36-40-47-54-61-74(7)10-3)71-96-100(89,90)94-67-75(82)66-93-99(87,88)95-70-76(68-92-79(84)63-56-49-42-34-29-26-22-23-27-31-38-45-52-59-72(4)5)97-80(85)64-57-50-43-35-30-25-21-19-17-16-18-20-24-28-32-39-46-53-60-73(6)9-2/h72-77,82H,8-71H2,1-7H3,(H,87,88)(H,89,90)/t73?,74?,75-,76-,77-/m1/s1. The van der Waals surface area contributed by atoms with Gasteiger partial charge in [-0.3, -0.25) is 37.3 Å². The first-order valence-corrected chi connectivity index (χ1v) is 44.9. The molecule has 0 aromatic carbocycles. The Morgan fingerprint density at radius 2 is 0.510 bits per heavy atom. The molecule has 0 fully saturated rings. The second kappa shape index (κ2) is 71.3. The van der Waals surface area contributed by atoms with Gasteiger partial charge in [0.1, 0.15) is 19.3 Å². The first-order chi connectivity index (χ1) is 48.3. The van der Waals surface area contributed by atoms with Gasteiger partial charge in [-0.1, -0.05) is 370 Å². The van der Waals surface area contributed by atoms with Gasteiger partial charge in [0.05, 0.1) is 26.4 Å². The molecule has 0 aliphatic heterocycles. The zero-order valence-corrected chi connectivity index (χ0v) is 67.5. The Labute approximate surface area is 613 Å². The lowest BCUT2D eigenvalue weighted by Gasteiger charge is -2.21. The number of phosphoric acid groups is 2. The summed E-state index contributed by atoms with van der Waals surface area (Å²) in [6.07, 6.45) is 59.6. The van der Waals surface area contributed by atoms with Crippen LogP contribution < -0.4 is 0 Å². The second-order valence-electron chi connectivity index (χ2n) is 30.1. The Kier molecular flexibility index (Phi) is 69.9. The highest BCUT2D eigenvalue weighted by Gasteiger charge is 2.30. The van der Waals surface area contributed by atoms with Crippen LogP contribution in [0.25, 0.3) is 0 Å². The van der Waals surface area contributed by atoms with Gasteiger partial charge < -0.3 is 33.8 Å². The van der Waals surface area contributed by atoms with Crippen LogP contribution in [0.3, 0.4) is 0 Å². The Morgan fingerprint density at radius 3 is 0.760 bits per heavy atom. The Morgan fingerprint density at radius 1 is 0.290 bits per heavy atom. The van der Waals surface area contributed by atoms with E-state index in [-0.39, 0.29) is 25.7 Å². The zero-order chi connectivity index (χ0) is 73.7. The summed E-state index contributed by atoms with van der Waals surface area (Å²) in [6, 6.07) is 0. The van der Waals surface area contributed by atoms with Crippen molar-refractivity contribution in [1.82, 2.24) is 0 Å². The predicted molar refractivity (Wildman–Crippen MR) is 409 cm³/mol. The number of unbranched alkanes of at least 4 members (excludes halogenated alkanes) is 45. The maximum Gasteiger partial charge on any atom is 0.472 e. The van der Waals surface area contributed by atoms with E-state index < -0.39 is 97.5 Å². The first kappa shape index (κ1) is 98.1. The molecule has 0 heterocycles. The van der Waals surface area contributed by atoms with E-state index in [9.17, 15) is 43.2 Å². The van der Waals surface area contributed by atoms with E-state index in [0.29, 0.717) is 25.7 Å². The first-order valence-electron chi connectivity index (χ1n) is 41.9. The molecule has 19 heteroatoms. The third kappa shape index (κ3) is 71.7. The van der Waals surface area contributed by atoms with Crippen molar-refractivity contribution >= 4 is 39.5 Å². The average molecular weight is 1470 g/mol. The van der Waals surface area contributed by atoms with Crippen molar-refractivity contribution < 1.29 is 80.2 Å². The van der Waals surface area contributed by atoms with Crippen LogP contribution in [0, 0.1) is 17.8 Å². The summed E-state index contributed by atoms with van der Waals surface area (Å²) < 4.78 is 68.7. The summed E-state index contributed by atoms with van der Waals surface area (Å²) in [4.78, 5) is 73.0. The smallest absolute Gasteiger partial charge is 0.462 e. The lowest BCUT2D eigenvalue weighted by Crippen LogP contribution is -2.30. The average Bonchev–Trinajstić information content (AvgIpc) is 0.912. The summed E-state index contributed by atoms with van der Waals surface area (Å²) in [5.74, 6) is 0.319. The maximum absolute atomic E-state index is 13.1. The van der Waals surface area contributed by atoms with Gasteiger partial charge >= 0.3 is 39.5 Å². The fourth-order valence-corrected chi connectivity index (χ4v) is 14.0. The fourth-order valence-electron chi connectivity index (χ4n) is 12.4. The monoisotopic (exact) mass is 1470 g/mol. The largest absolute Gasteiger partial charge is 0.472 e. The Balaban J connectivity index is 5.21. The van der Waals surface area contributed by atoms with Gasteiger partial charge in [0.2, 0.25) is 0 Å². The molecule has 7 atom stereocenters. The molecule has 0 aliphatic carbocycles. The van der Waals surface area contributed by atoms with Crippen LogP contribution in [-0.4, -0.2) is 96.7 Å². The van der Waals surface area contributed by atoms with Crippen molar-refractivity contribution in [3.63, 3.8) is 0 Å². The molecule has 0 aromatic rings. The van der Waals surface area contributed by atoms with Crippen LogP contribution in [-0.2, 0) is 65.4 Å². The van der Waals surface area contributed by atoms with Gasteiger partial charge in [-0.05, 0) is 43.4 Å². The summed E-state index contributed by atoms with van der Waals surface area (Å²) >= 11 is 0. The van der Waals surface area contributed by atoms with E-state index in [2.05, 4.69) is 48.5 Å². The minimum atomic E-state index is -4.96. The number of aliphatic hydroxyl groups excluding tert-OH is 1. The maximum atomic E-state index is 13.1. The van der Waals surface area contributed by atoms with E-state index in [1.54, 1.807) is 0 Å². The van der Waals surface area contributed by atoms with Gasteiger partial charge in [0.25, 0.3) is 0 Å². The number of carbonyl (C=O) groups excluding carboxylic acids is 4. The number of ether oxygens (including phenoxy) is 4. The molecular weight excluding hydrogens is 1310 g/mol. The molecule has 0 bridgehead atoms. The van der Waals surface area contributed by atoms with E-state index in [1.807, 2.05) is 0 Å². The van der Waals surface area contributed by atoms with E-state index >= 15 is 0 Å². The number of hydrogen-bond acceptors (Lipinski definition) is 15. The molecule has 0 spiro atoms. The molecule has 0 aromatic heterocycles. The van der Waals surface area contributed by atoms with E-state index in [1.165, 1.54) is 231 Å². The number of aliphatic hydroxyl groups is 1. The number of esters is 4. The van der Waals surface area contributed by atoms with Gasteiger partial charge in [-0.2, -0.15) is 0 Å². The minimum Gasteiger partial charge on any atom is -0.462 e. The topological polar surface area (TPSA) is 237 Å². The van der Waals surface area contributed by atoms with Gasteiger partial charge in [0.15, 0.2) is 12.2 Å². The SMILES string of the molecule is CCCCCCCCCCCCC(=O)OC[C@H](COP(=O)(O)OC[C@H](O)COP(=O)(O)OC[C@@H](COC(=O)CCCCCCCCCCCCCCCC(C)C)OC(=O)CCCCCCCCCCCCCCCCCCCCC(C)CC)OC(=O)CCCCCCCCCCC(C)CC. The summed E-state index contributed by atoms with van der Waals surface area (Å²) in [7, 11) is -9.92. The van der Waals surface area contributed by atoms with Crippen molar-refractivity contribution in [2.75, 3.05) is 39.6 Å². The highest BCUT2D eigenvalue weighted by atomic mass is 31.2. The Hall–Kier alpha value is -1.94. The van der Waals surface area contributed by atoms with Crippen molar-refractivity contribution in [1.29, 1.82) is 0 Å². The summed E-state index contributed by atoms with van der Waals surface area (Å²) in [6.45, 7) is 12.0. The quantitative estimate of drug-likeness (QED) is 0.0222.